The van der Waals surface area contributed by atoms with Gasteiger partial charge in [-0.2, -0.15) is 4.98 Å². The van der Waals surface area contributed by atoms with Gasteiger partial charge in [-0.15, -0.1) is 0 Å². The first-order chi connectivity index (χ1) is 12.6. The first kappa shape index (κ1) is 17.5. The summed E-state index contributed by atoms with van der Waals surface area (Å²) in [6.07, 6.45) is 6.12. The van der Waals surface area contributed by atoms with Crippen molar-refractivity contribution >= 4 is 5.69 Å². The Balaban J connectivity index is 1.32. The number of aryl methyl sites for hydroxylation is 2. The van der Waals surface area contributed by atoms with E-state index in [0.717, 1.165) is 31.8 Å². The summed E-state index contributed by atoms with van der Waals surface area (Å²) >= 11 is 0. The van der Waals surface area contributed by atoms with Crippen LogP contribution < -0.4 is 10.2 Å². The van der Waals surface area contributed by atoms with Gasteiger partial charge < -0.3 is 14.7 Å². The van der Waals surface area contributed by atoms with Crippen LogP contribution in [0.1, 0.15) is 74.8 Å². The highest BCUT2D eigenvalue weighted by atomic mass is 16.5. The number of anilines is 1. The lowest BCUT2D eigenvalue weighted by Crippen LogP contribution is -2.43. The number of piperidine rings is 1. The van der Waals surface area contributed by atoms with Gasteiger partial charge in [0, 0.05) is 30.7 Å². The molecule has 2 aliphatic rings. The average Bonchev–Trinajstić information content (AvgIpc) is 3.31. The third-order valence-corrected chi connectivity index (χ3v) is 5.77. The molecule has 1 aromatic carbocycles. The van der Waals surface area contributed by atoms with E-state index >= 15 is 0 Å². The molecule has 0 bridgehead atoms. The summed E-state index contributed by atoms with van der Waals surface area (Å²) in [4.78, 5) is 7.05. The fourth-order valence-corrected chi connectivity index (χ4v) is 4.14. The van der Waals surface area contributed by atoms with Gasteiger partial charge in [-0.05, 0) is 62.3 Å². The van der Waals surface area contributed by atoms with E-state index < -0.39 is 0 Å². The zero-order valence-electron chi connectivity index (χ0n) is 16.2. The predicted molar refractivity (Wildman–Crippen MR) is 104 cm³/mol. The Morgan fingerprint density at radius 3 is 2.62 bits per heavy atom. The maximum atomic E-state index is 5.43. The quantitative estimate of drug-likeness (QED) is 0.879. The number of nitrogens with zero attached hydrogens (tertiary/aromatic N) is 3. The molecule has 0 amide bonds. The lowest BCUT2D eigenvalue weighted by Gasteiger charge is -2.35. The van der Waals surface area contributed by atoms with Gasteiger partial charge in [0.1, 0.15) is 0 Å². The molecule has 0 spiro atoms. The second-order valence-electron chi connectivity index (χ2n) is 8.10. The highest BCUT2D eigenvalue weighted by Crippen LogP contribution is 2.28. The van der Waals surface area contributed by atoms with Crippen LogP contribution in [0.4, 0.5) is 5.69 Å². The van der Waals surface area contributed by atoms with Gasteiger partial charge >= 0.3 is 0 Å². The smallest absolute Gasteiger partial charge is 0.243 e. The second kappa shape index (κ2) is 7.39. The third kappa shape index (κ3) is 3.63. The molecule has 4 rings (SSSR count). The molecule has 26 heavy (non-hydrogen) atoms. The molecule has 1 N–H and O–H groups in total. The topological polar surface area (TPSA) is 54.2 Å². The van der Waals surface area contributed by atoms with Crippen LogP contribution in [0.3, 0.4) is 0 Å². The van der Waals surface area contributed by atoms with Crippen LogP contribution in [0, 0.1) is 0 Å². The van der Waals surface area contributed by atoms with Gasteiger partial charge in [-0.25, -0.2) is 0 Å². The monoisotopic (exact) mass is 354 g/mol. The Morgan fingerprint density at radius 1 is 1.12 bits per heavy atom. The van der Waals surface area contributed by atoms with Crippen molar-refractivity contribution in [2.45, 2.75) is 70.9 Å². The highest BCUT2D eigenvalue weighted by Gasteiger charge is 2.24. The number of hydrogen-bond acceptors (Lipinski definition) is 5. The van der Waals surface area contributed by atoms with Gasteiger partial charge in [-0.1, -0.05) is 25.1 Å². The van der Waals surface area contributed by atoms with Crippen molar-refractivity contribution in [2.24, 2.45) is 0 Å². The number of aromatic nitrogens is 2. The van der Waals surface area contributed by atoms with Crippen LogP contribution in [0.2, 0.25) is 0 Å². The summed E-state index contributed by atoms with van der Waals surface area (Å²) < 4.78 is 5.43. The van der Waals surface area contributed by atoms with Crippen LogP contribution in [-0.4, -0.2) is 29.3 Å². The number of rotatable bonds is 5. The van der Waals surface area contributed by atoms with Gasteiger partial charge in [0.2, 0.25) is 5.89 Å². The Morgan fingerprint density at radius 2 is 1.88 bits per heavy atom. The summed E-state index contributed by atoms with van der Waals surface area (Å²) in [5.74, 6) is 1.80. The van der Waals surface area contributed by atoms with Crippen molar-refractivity contribution in [3.63, 3.8) is 0 Å². The summed E-state index contributed by atoms with van der Waals surface area (Å²) in [6.45, 7) is 8.49. The minimum Gasteiger partial charge on any atom is -0.371 e. The fourth-order valence-electron chi connectivity index (χ4n) is 4.14. The highest BCUT2D eigenvalue weighted by molar-refractivity contribution is 5.52. The van der Waals surface area contributed by atoms with Gasteiger partial charge in [0.05, 0.1) is 6.04 Å². The SMILES string of the molecule is CC(C)c1noc(C(C)NC2CCN(c3ccc4c(c3)CCC4)CC2)n1. The molecule has 1 aromatic heterocycles. The first-order valence-electron chi connectivity index (χ1n) is 10.1. The summed E-state index contributed by atoms with van der Waals surface area (Å²) in [5.41, 5.74) is 4.52. The van der Waals surface area contributed by atoms with Crippen LogP contribution in [0.25, 0.3) is 0 Å². The van der Waals surface area contributed by atoms with Gasteiger partial charge in [-0.3, -0.25) is 0 Å². The fraction of sp³-hybridized carbons (Fsp3) is 0.619. The molecule has 1 fully saturated rings. The predicted octanol–water partition coefficient (Wildman–Crippen LogP) is 4.00. The van der Waals surface area contributed by atoms with Crippen molar-refractivity contribution in [3.8, 4) is 0 Å². The Bertz CT molecular complexity index is 746. The average molecular weight is 354 g/mol. The van der Waals surface area contributed by atoms with Crippen molar-refractivity contribution in [2.75, 3.05) is 18.0 Å². The molecule has 0 radical (unpaired) electrons. The van der Waals surface area contributed by atoms with Gasteiger partial charge in [0.25, 0.3) is 0 Å². The van der Waals surface area contributed by atoms with E-state index in [1.165, 1.54) is 24.9 Å². The zero-order chi connectivity index (χ0) is 18.1. The van der Waals surface area contributed by atoms with Crippen molar-refractivity contribution < 1.29 is 4.52 Å². The molecule has 140 valence electrons. The van der Waals surface area contributed by atoms with E-state index in [1.54, 1.807) is 11.1 Å². The molecule has 5 heteroatoms. The maximum absolute atomic E-state index is 5.43. The molecule has 1 saturated heterocycles. The standard InChI is InChI=1S/C21H30N4O/c1-14(2)20-23-21(26-24-20)15(3)22-18-9-11-25(12-10-18)19-8-7-16-5-4-6-17(16)13-19/h7-8,13-15,18,22H,4-6,9-12H2,1-3H3. The van der Waals surface area contributed by atoms with E-state index in [9.17, 15) is 0 Å². The van der Waals surface area contributed by atoms with Crippen molar-refractivity contribution in [1.29, 1.82) is 0 Å². The van der Waals surface area contributed by atoms with E-state index in [-0.39, 0.29) is 6.04 Å². The zero-order valence-corrected chi connectivity index (χ0v) is 16.2. The first-order valence-corrected chi connectivity index (χ1v) is 10.1. The van der Waals surface area contributed by atoms with E-state index in [1.807, 2.05) is 0 Å². The number of benzene rings is 1. The van der Waals surface area contributed by atoms with Gasteiger partial charge in [0.15, 0.2) is 5.82 Å². The lowest BCUT2D eigenvalue weighted by molar-refractivity contribution is 0.304. The minimum absolute atomic E-state index is 0.103. The van der Waals surface area contributed by atoms with E-state index in [2.05, 4.69) is 59.3 Å². The number of nitrogens with one attached hydrogen (secondary N) is 1. The molecule has 1 aliphatic carbocycles. The largest absolute Gasteiger partial charge is 0.371 e. The molecule has 0 saturated carbocycles. The van der Waals surface area contributed by atoms with E-state index in [4.69, 9.17) is 4.52 Å². The molecular formula is C21H30N4O. The molecule has 1 unspecified atom stereocenters. The normalized spacial score (nSPS) is 19.2. The van der Waals surface area contributed by atoms with Crippen LogP contribution in [0.15, 0.2) is 22.7 Å². The molecule has 5 nitrogen and oxygen atoms in total. The molecule has 2 heterocycles. The van der Waals surface area contributed by atoms with Crippen molar-refractivity contribution in [1.82, 2.24) is 15.5 Å². The van der Waals surface area contributed by atoms with Crippen LogP contribution in [0.5, 0.6) is 0 Å². The lowest BCUT2D eigenvalue weighted by atomic mass is 10.0. The summed E-state index contributed by atoms with van der Waals surface area (Å²) in [5, 5.41) is 7.75. The second-order valence-corrected chi connectivity index (χ2v) is 8.10. The van der Waals surface area contributed by atoms with Crippen LogP contribution in [-0.2, 0) is 12.8 Å². The Labute approximate surface area is 156 Å². The Kier molecular flexibility index (Phi) is 4.98. The maximum Gasteiger partial charge on any atom is 0.243 e. The van der Waals surface area contributed by atoms with Crippen LogP contribution >= 0.6 is 0 Å². The number of fused-ring (bicyclic) bond motifs is 1. The molecule has 1 atom stereocenters. The summed E-state index contributed by atoms with van der Waals surface area (Å²) in [7, 11) is 0. The number of hydrogen-bond donors (Lipinski definition) is 1. The summed E-state index contributed by atoms with van der Waals surface area (Å²) in [6, 6.07) is 7.68. The Hall–Kier alpha value is -1.88. The third-order valence-electron chi connectivity index (χ3n) is 5.77. The molecular weight excluding hydrogens is 324 g/mol. The minimum atomic E-state index is 0.103. The molecule has 1 aliphatic heterocycles. The van der Waals surface area contributed by atoms with Crippen molar-refractivity contribution in [3.05, 3.63) is 41.0 Å². The molecule has 2 aromatic rings. The van der Waals surface area contributed by atoms with E-state index in [0.29, 0.717) is 17.9 Å².